The van der Waals surface area contributed by atoms with Gasteiger partial charge in [0.05, 0.1) is 0 Å². The van der Waals surface area contributed by atoms with E-state index in [2.05, 4.69) is 17.4 Å². The highest BCUT2D eigenvalue weighted by Crippen LogP contribution is 2.31. The Morgan fingerprint density at radius 1 is 1.38 bits per heavy atom. The maximum absolute atomic E-state index is 12.4. The van der Waals surface area contributed by atoms with Gasteiger partial charge in [0.15, 0.2) is 5.84 Å². The van der Waals surface area contributed by atoms with Crippen molar-refractivity contribution in [3.8, 4) is 0 Å². The minimum atomic E-state index is -0.948. The highest BCUT2D eigenvalue weighted by Gasteiger charge is 2.44. The van der Waals surface area contributed by atoms with Crippen LogP contribution in [0.15, 0.2) is 5.16 Å². The number of unbranched alkanes of at least 4 members (excludes halogenated alkanes) is 1. The lowest BCUT2D eigenvalue weighted by molar-refractivity contribution is -0.131. The molecule has 1 heterocycles. The van der Waals surface area contributed by atoms with Crippen LogP contribution in [0.25, 0.3) is 0 Å². The molecule has 1 aliphatic rings. The molecule has 4 N–H and O–H groups in total. The van der Waals surface area contributed by atoms with Crippen LogP contribution in [0, 0.1) is 5.41 Å². The Bertz CT molecular complexity index is 341. The normalized spacial score (nSPS) is 18.4. The topological polar surface area (TPSA) is 106 Å². The van der Waals surface area contributed by atoms with E-state index in [0.717, 1.165) is 25.9 Å². The number of amidine groups is 1. The van der Waals surface area contributed by atoms with E-state index in [-0.39, 0.29) is 11.7 Å². The van der Waals surface area contributed by atoms with Gasteiger partial charge in [0.25, 0.3) is 0 Å². The van der Waals surface area contributed by atoms with E-state index in [0.29, 0.717) is 39.2 Å². The number of hydrogen-bond donors (Lipinski definition) is 3. The smallest absolute Gasteiger partial charge is 0.234 e. The predicted octanol–water partition coefficient (Wildman–Crippen LogP) is 0.853. The number of nitrogens with zero attached hydrogens (tertiary/aromatic N) is 1. The summed E-state index contributed by atoms with van der Waals surface area (Å²) in [4.78, 5) is 12.4. The molecule has 1 fully saturated rings. The first-order chi connectivity index (χ1) is 10.2. The first-order valence-corrected chi connectivity index (χ1v) is 7.59. The molecule has 1 saturated heterocycles. The van der Waals surface area contributed by atoms with Gasteiger partial charge in [0.2, 0.25) is 5.91 Å². The van der Waals surface area contributed by atoms with E-state index in [1.807, 2.05) is 0 Å². The number of oxime groups is 1. The number of rotatable bonds is 9. The molecule has 7 heteroatoms. The van der Waals surface area contributed by atoms with Crippen LogP contribution in [-0.4, -0.2) is 49.9 Å². The zero-order chi connectivity index (χ0) is 15.6. The Labute approximate surface area is 125 Å². The lowest BCUT2D eigenvalue weighted by atomic mass is 9.78. The molecule has 0 unspecified atom stereocenters. The van der Waals surface area contributed by atoms with Gasteiger partial charge in [-0.1, -0.05) is 18.5 Å². The number of amides is 1. The SMILES string of the molecule is CCCCOCCCNC(=O)C1(C(N)=NO)CCOCC1. The first-order valence-electron chi connectivity index (χ1n) is 7.59. The fourth-order valence-electron chi connectivity index (χ4n) is 2.31. The molecule has 0 aromatic heterocycles. The van der Waals surface area contributed by atoms with Gasteiger partial charge in [0, 0.05) is 33.0 Å². The lowest BCUT2D eigenvalue weighted by Crippen LogP contribution is -2.53. The molecule has 1 aliphatic heterocycles. The number of carbonyl (C=O) groups is 1. The van der Waals surface area contributed by atoms with Gasteiger partial charge < -0.3 is 25.7 Å². The molecule has 0 aromatic carbocycles. The highest BCUT2D eigenvalue weighted by atomic mass is 16.5. The number of ether oxygens (including phenoxy) is 2. The third-order valence-corrected chi connectivity index (χ3v) is 3.77. The maximum Gasteiger partial charge on any atom is 0.234 e. The molecule has 1 amide bonds. The second-order valence-electron chi connectivity index (χ2n) is 5.26. The minimum Gasteiger partial charge on any atom is -0.409 e. The molecule has 0 saturated carbocycles. The average molecular weight is 301 g/mol. The molecule has 21 heavy (non-hydrogen) atoms. The standard InChI is InChI=1S/C14H27N3O4/c1-2-3-8-20-9-4-7-16-13(18)14(12(15)17-19)5-10-21-11-6-14/h19H,2-11H2,1H3,(H2,15,17)(H,16,18). The summed E-state index contributed by atoms with van der Waals surface area (Å²) in [5.41, 5.74) is 4.78. The van der Waals surface area contributed by atoms with Crippen molar-refractivity contribution in [1.29, 1.82) is 0 Å². The minimum absolute atomic E-state index is 0.0394. The van der Waals surface area contributed by atoms with Crippen molar-refractivity contribution in [2.75, 3.05) is 33.0 Å². The Kier molecular flexibility index (Phi) is 8.07. The van der Waals surface area contributed by atoms with Gasteiger partial charge in [-0.05, 0) is 25.7 Å². The molecule has 1 rings (SSSR count). The van der Waals surface area contributed by atoms with Crippen LogP contribution in [0.1, 0.15) is 39.0 Å². The van der Waals surface area contributed by atoms with Crippen molar-refractivity contribution in [3.63, 3.8) is 0 Å². The van der Waals surface area contributed by atoms with Crippen LogP contribution < -0.4 is 11.1 Å². The van der Waals surface area contributed by atoms with Crippen molar-refractivity contribution in [2.24, 2.45) is 16.3 Å². The van der Waals surface area contributed by atoms with Crippen LogP contribution in [-0.2, 0) is 14.3 Å². The molecular weight excluding hydrogens is 274 g/mol. The third kappa shape index (κ3) is 5.17. The van der Waals surface area contributed by atoms with Crippen LogP contribution in [0.2, 0.25) is 0 Å². The van der Waals surface area contributed by atoms with Crippen LogP contribution in [0.3, 0.4) is 0 Å². The van der Waals surface area contributed by atoms with Crippen LogP contribution in [0.5, 0.6) is 0 Å². The van der Waals surface area contributed by atoms with E-state index in [9.17, 15) is 4.79 Å². The summed E-state index contributed by atoms with van der Waals surface area (Å²) < 4.78 is 10.7. The van der Waals surface area contributed by atoms with Crippen molar-refractivity contribution in [2.45, 2.75) is 39.0 Å². The number of nitrogens with one attached hydrogen (secondary N) is 1. The van der Waals surface area contributed by atoms with Crippen LogP contribution in [0.4, 0.5) is 0 Å². The summed E-state index contributed by atoms with van der Waals surface area (Å²) in [7, 11) is 0. The number of carbonyl (C=O) groups excluding carboxylic acids is 1. The summed E-state index contributed by atoms with van der Waals surface area (Å²) >= 11 is 0. The van der Waals surface area contributed by atoms with Gasteiger partial charge in [-0.3, -0.25) is 4.79 Å². The second-order valence-corrected chi connectivity index (χ2v) is 5.26. The molecule has 7 nitrogen and oxygen atoms in total. The van der Waals surface area contributed by atoms with E-state index in [1.165, 1.54) is 0 Å². The maximum atomic E-state index is 12.4. The van der Waals surface area contributed by atoms with E-state index < -0.39 is 5.41 Å². The van der Waals surface area contributed by atoms with Crippen molar-refractivity contribution in [1.82, 2.24) is 5.32 Å². The monoisotopic (exact) mass is 301 g/mol. The summed E-state index contributed by atoms with van der Waals surface area (Å²) in [5, 5.41) is 14.8. The Hall–Kier alpha value is -1.34. The first kappa shape index (κ1) is 17.7. The van der Waals surface area contributed by atoms with Gasteiger partial charge in [-0.25, -0.2) is 0 Å². The Morgan fingerprint density at radius 3 is 2.67 bits per heavy atom. The second kappa shape index (κ2) is 9.57. The van der Waals surface area contributed by atoms with Crippen molar-refractivity contribution in [3.05, 3.63) is 0 Å². The lowest BCUT2D eigenvalue weighted by Gasteiger charge is -2.34. The van der Waals surface area contributed by atoms with Crippen LogP contribution >= 0.6 is 0 Å². The average Bonchev–Trinajstić information content (AvgIpc) is 2.53. The van der Waals surface area contributed by atoms with E-state index >= 15 is 0 Å². The Balaban J connectivity index is 2.37. The number of nitrogens with two attached hydrogens (primary N) is 1. The number of hydrogen-bond acceptors (Lipinski definition) is 5. The van der Waals surface area contributed by atoms with E-state index in [1.54, 1.807) is 0 Å². The molecule has 0 atom stereocenters. The van der Waals surface area contributed by atoms with Crippen molar-refractivity contribution >= 4 is 11.7 Å². The van der Waals surface area contributed by atoms with Gasteiger partial charge in [0.1, 0.15) is 5.41 Å². The Morgan fingerprint density at radius 2 is 2.05 bits per heavy atom. The molecule has 0 aromatic rings. The summed E-state index contributed by atoms with van der Waals surface area (Å²) in [6.07, 6.45) is 3.78. The fourth-order valence-corrected chi connectivity index (χ4v) is 2.31. The summed E-state index contributed by atoms with van der Waals surface area (Å²) in [6, 6.07) is 0. The largest absolute Gasteiger partial charge is 0.409 e. The van der Waals surface area contributed by atoms with Crippen molar-refractivity contribution < 1.29 is 19.5 Å². The summed E-state index contributed by atoms with van der Waals surface area (Å²) in [5.74, 6) is -0.239. The predicted molar refractivity (Wildman–Crippen MR) is 79.2 cm³/mol. The summed E-state index contributed by atoms with van der Waals surface area (Å²) in [6.45, 7) is 4.89. The van der Waals surface area contributed by atoms with E-state index in [4.69, 9.17) is 20.4 Å². The molecule has 0 radical (unpaired) electrons. The zero-order valence-electron chi connectivity index (χ0n) is 12.8. The molecular formula is C14H27N3O4. The van der Waals surface area contributed by atoms with Gasteiger partial charge in [-0.15, -0.1) is 0 Å². The highest BCUT2D eigenvalue weighted by molar-refractivity contribution is 6.06. The van der Waals surface area contributed by atoms with Gasteiger partial charge >= 0.3 is 0 Å². The zero-order valence-corrected chi connectivity index (χ0v) is 12.8. The molecule has 0 bridgehead atoms. The van der Waals surface area contributed by atoms with Gasteiger partial charge in [-0.2, -0.15) is 0 Å². The molecule has 0 spiro atoms. The fraction of sp³-hybridized carbons (Fsp3) is 0.857. The molecule has 122 valence electrons. The quantitative estimate of drug-likeness (QED) is 0.192. The molecule has 0 aliphatic carbocycles. The third-order valence-electron chi connectivity index (χ3n) is 3.77.